The second-order valence-electron chi connectivity index (χ2n) is 8.14. The molecule has 0 unspecified atom stereocenters. The molecule has 166 valence electrons. The van der Waals surface area contributed by atoms with Crippen molar-refractivity contribution in [1.82, 2.24) is 9.88 Å². The highest BCUT2D eigenvalue weighted by Crippen LogP contribution is 2.29. The van der Waals surface area contributed by atoms with Crippen LogP contribution in [0, 0.1) is 6.92 Å². The molecule has 4 rings (SSSR count). The predicted molar refractivity (Wildman–Crippen MR) is 126 cm³/mol. The fraction of sp³-hybridized carbons (Fsp3) is 0.280. The predicted octanol–water partition coefficient (Wildman–Crippen LogP) is 5.04. The van der Waals surface area contributed by atoms with Crippen molar-refractivity contribution in [2.24, 2.45) is 0 Å². The minimum Gasteiger partial charge on any atom is -0.337 e. The molecule has 1 fully saturated rings. The lowest BCUT2D eigenvalue weighted by Crippen LogP contribution is -2.38. The lowest BCUT2D eigenvalue weighted by molar-refractivity contribution is 0.0706. The summed E-state index contributed by atoms with van der Waals surface area (Å²) in [4.78, 5) is 19.3. The topological polar surface area (TPSA) is 67.3 Å². The summed E-state index contributed by atoms with van der Waals surface area (Å²) in [6, 6.07) is 20.3. The summed E-state index contributed by atoms with van der Waals surface area (Å²) in [5.74, 6) is -0.0253. The number of aromatic nitrogens is 1. The Morgan fingerprint density at radius 3 is 2.38 bits per heavy atom. The van der Waals surface area contributed by atoms with E-state index < -0.39 is 9.84 Å². The molecule has 7 heteroatoms. The monoisotopic (exact) mass is 468 g/mol. The van der Waals surface area contributed by atoms with Crippen molar-refractivity contribution in [3.05, 3.63) is 94.3 Å². The maximum Gasteiger partial charge on any atom is 0.272 e. The number of amides is 1. The van der Waals surface area contributed by atoms with E-state index in [9.17, 15) is 13.2 Å². The van der Waals surface area contributed by atoms with Crippen molar-refractivity contribution in [2.45, 2.75) is 36.3 Å². The van der Waals surface area contributed by atoms with Gasteiger partial charge in [0.15, 0.2) is 9.84 Å². The van der Waals surface area contributed by atoms with Gasteiger partial charge in [0.05, 0.1) is 21.4 Å². The first-order valence-electron chi connectivity index (χ1n) is 10.6. The van der Waals surface area contributed by atoms with Gasteiger partial charge in [0, 0.05) is 13.1 Å². The summed E-state index contributed by atoms with van der Waals surface area (Å²) in [5.41, 5.74) is 2.49. The molecule has 2 heterocycles. The number of rotatable bonds is 5. The first kappa shape index (κ1) is 22.5. The van der Waals surface area contributed by atoms with Crippen LogP contribution in [-0.4, -0.2) is 37.3 Å². The van der Waals surface area contributed by atoms with E-state index in [2.05, 4.69) is 17.1 Å². The van der Waals surface area contributed by atoms with Gasteiger partial charge >= 0.3 is 0 Å². The van der Waals surface area contributed by atoms with Gasteiger partial charge in [-0.2, -0.15) is 0 Å². The molecule has 1 amide bonds. The third kappa shape index (κ3) is 4.87. The normalized spacial score (nSPS) is 15.0. The molecule has 0 bridgehead atoms. The molecule has 1 aliphatic rings. The molecule has 0 aliphatic carbocycles. The van der Waals surface area contributed by atoms with Gasteiger partial charge in [0.1, 0.15) is 5.69 Å². The lowest BCUT2D eigenvalue weighted by atomic mass is 9.89. The summed E-state index contributed by atoms with van der Waals surface area (Å²) in [6.45, 7) is 3.02. The molecule has 0 saturated carbocycles. The summed E-state index contributed by atoms with van der Waals surface area (Å²) in [7, 11) is -3.70. The highest BCUT2D eigenvalue weighted by molar-refractivity contribution is 7.90. The summed E-state index contributed by atoms with van der Waals surface area (Å²) < 4.78 is 26.0. The van der Waals surface area contributed by atoms with Gasteiger partial charge < -0.3 is 4.90 Å². The minimum atomic E-state index is -3.70. The zero-order chi connectivity index (χ0) is 22.7. The fourth-order valence-electron chi connectivity index (χ4n) is 4.26. The van der Waals surface area contributed by atoms with Gasteiger partial charge in [-0.1, -0.05) is 60.1 Å². The van der Waals surface area contributed by atoms with Gasteiger partial charge in [0.2, 0.25) is 0 Å². The van der Waals surface area contributed by atoms with Crippen LogP contribution in [0.1, 0.15) is 46.1 Å². The van der Waals surface area contributed by atoms with Crippen LogP contribution in [-0.2, 0) is 15.6 Å². The Labute approximate surface area is 194 Å². The van der Waals surface area contributed by atoms with Gasteiger partial charge in [-0.3, -0.25) is 4.79 Å². The number of halogens is 1. The first-order chi connectivity index (χ1) is 15.3. The van der Waals surface area contributed by atoms with Gasteiger partial charge in [-0.05, 0) is 55.0 Å². The van der Waals surface area contributed by atoms with E-state index in [1.165, 1.54) is 5.56 Å². The number of benzene rings is 2. The maximum absolute atomic E-state index is 13.0. The summed E-state index contributed by atoms with van der Waals surface area (Å²) in [5, 5.41) is 0.193. The van der Waals surface area contributed by atoms with E-state index in [-0.39, 0.29) is 27.3 Å². The Bertz CT molecular complexity index is 1200. The van der Waals surface area contributed by atoms with Crippen LogP contribution in [0.5, 0.6) is 0 Å². The molecule has 5 nitrogen and oxygen atoms in total. The number of likely N-dealkylation sites (tertiary alicyclic amines) is 1. The second kappa shape index (κ2) is 9.43. The molecule has 1 aromatic heterocycles. The van der Waals surface area contributed by atoms with E-state index in [1.807, 2.05) is 18.2 Å². The first-order valence-corrected chi connectivity index (χ1v) is 12.7. The molecule has 0 radical (unpaired) electrons. The number of piperidine rings is 1. The number of aryl methyl sites for hydroxylation is 1. The Morgan fingerprint density at radius 2 is 1.69 bits per heavy atom. The Kier molecular flexibility index (Phi) is 6.63. The van der Waals surface area contributed by atoms with Gasteiger partial charge in [-0.25, -0.2) is 13.4 Å². The van der Waals surface area contributed by atoms with Crippen LogP contribution in [0.3, 0.4) is 0 Å². The number of carbonyl (C=O) groups excluding carboxylic acids is 1. The number of carbonyl (C=O) groups is 1. The Balaban J connectivity index is 1.47. The highest BCUT2D eigenvalue weighted by Gasteiger charge is 2.26. The largest absolute Gasteiger partial charge is 0.337 e. The third-order valence-corrected chi connectivity index (χ3v) is 8.16. The molecule has 2 aromatic carbocycles. The van der Waals surface area contributed by atoms with Crippen LogP contribution >= 0.6 is 11.6 Å². The molecule has 0 atom stereocenters. The van der Waals surface area contributed by atoms with E-state index in [4.69, 9.17) is 11.6 Å². The zero-order valence-corrected chi connectivity index (χ0v) is 19.4. The summed E-state index contributed by atoms with van der Waals surface area (Å²) >= 11 is 6.16. The van der Waals surface area contributed by atoms with Gasteiger partial charge in [-0.15, -0.1) is 0 Å². The molecule has 3 aromatic rings. The number of hydrogen-bond donors (Lipinski definition) is 0. The fourth-order valence-corrected chi connectivity index (χ4v) is 6.45. The van der Waals surface area contributed by atoms with E-state index in [0.29, 0.717) is 30.3 Å². The van der Waals surface area contributed by atoms with Crippen molar-refractivity contribution < 1.29 is 13.2 Å². The second-order valence-corrected chi connectivity index (χ2v) is 10.5. The lowest BCUT2D eigenvalue weighted by Gasteiger charge is -2.32. The molecule has 0 N–H and O–H groups in total. The van der Waals surface area contributed by atoms with Gasteiger partial charge in [0.25, 0.3) is 5.91 Å². The minimum absolute atomic E-state index is 0.114. The number of nitrogens with zero attached hydrogens (tertiary/aromatic N) is 2. The van der Waals surface area contributed by atoms with Crippen molar-refractivity contribution in [3.8, 4) is 0 Å². The Hall–Kier alpha value is -2.70. The van der Waals surface area contributed by atoms with Crippen molar-refractivity contribution in [3.63, 3.8) is 0 Å². The van der Waals surface area contributed by atoms with Crippen molar-refractivity contribution >= 4 is 27.3 Å². The molecular formula is C25H25ClN2O3S. The third-order valence-electron chi connectivity index (χ3n) is 5.89. The average molecular weight is 469 g/mol. The van der Waals surface area contributed by atoms with E-state index >= 15 is 0 Å². The molecule has 0 spiro atoms. The van der Waals surface area contributed by atoms with E-state index in [1.54, 1.807) is 48.2 Å². The van der Waals surface area contributed by atoms with E-state index in [0.717, 1.165) is 12.8 Å². The smallest absolute Gasteiger partial charge is 0.272 e. The zero-order valence-electron chi connectivity index (χ0n) is 17.9. The van der Waals surface area contributed by atoms with Crippen LogP contribution in [0.15, 0.2) is 71.6 Å². The van der Waals surface area contributed by atoms with Crippen molar-refractivity contribution in [1.29, 1.82) is 0 Å². The Morgan fingerprint density at radius 1 is 1.00 bits per heavy atom. The van der Waals surface area contributed by atoms with Crippen molar-refractivity contribution in [2.75, 3.05) is 13.1 Å². The standard InChI is InChI=1S/C25H25ClN2O3S/c1-18-7-5-11-22(26)24(18)32(30,31)17-21-10-6-12-23(27-21)25(29)28-15-13-20(14-16-28)19-8-3-2-4-9-19/h2-12,20H,13-17H2,1H3. The molecular weight excluding hydrogens is 444 g/mol. The summed E-state index contributed by atoms with van der Waals surface area (Å²) in [6.07, 6.45) is 1.80. The highest BCUT2D eigenvalue weighted by atomic mass is 35.5. The molecule has 1 aliphatic heterocycles. The molecule has 32 heavy (non-hydrogen) atoms. The number of sulfone groups is 1. The SMILES string of the molecule is Cc1cccc(Cl)c1S(=O)(=O)Cc1cccc(C(=O)N2CCC(c3ccccc3)CC2)n1. The molecule has 1 saturated heterocycles. The number of hydrogen-bond acceptors (Lipinski definition) is 4. The van der Waals surface area contributed by atoms with Crippen LogP contribution in [0.25, 0.3) is 0 Å². The van der Waals surface area contributed by atoms with Crippen LogP contribution in [0.2, 0.25) is 5.02 Å². The average Bonchev–Trinajstić information content (AvgIpc) is 2.79. The quantitative estimate of drug-likeness (QED) is 0.526. The number of pyridine rings is 1. The maximum atomic E-state index is 13.0. The van der Waals surface area contributed by atoms with Crippen LogP contribution < -0.4 is 0 Å². The van der Waals surface area contributed by atoms with Crippen LogP contribution in [0.4, 0.5) is 0 Å².